The minimum Gasteiger partial charge on any atom is -0.451 e. The van der Waals surface area contributed by atoms with E-state index >= 15 is 0 Å². The molecule has 0 bridgehead atoms. The van der Waals surface area contributed by atoms with Crippen LogP contribution in [0.15, 0.2) is 63.9 Å². The second-order valence-electron chi connectivity index (χ2n) is 7.87. The number of aryl methyl sites for hydroxylation is 1. The Morgan fingerprint density at radius 3 is 2.50 bits per heavy atom. The maximum absolute atomic E-state index is 13.0. The Morgan fingerprint density at radius 2 is 1.75 bits per heavy atom. The van der Waals surface area contributed by atoms with Crippen LogP contribution in [0.5, 0.6) is 0 Å². The molecule has 0 unspecified atom stereocenters. The Hall–Kier alpha value is -3.94. The molecule has 1 aliphatic rings. The second-order valence-corrected chi connectivity index (χ2v) is 7.87. The molecule has 4 heterocycles. The van der Waals surface area contributed by atoms with E-state index in [-0.39, 0.29) is 17.1 Å². The van der Waals surface area contributed by atoms with Crippen molar-refractivity contribution in [3.05, 3.63) is 82.1 Å². The van der Waals surface area contributed by atoms with Crippen LogP contribution < -0.4 is 10.3 Å². The minimum atomic E-state index is -0.259. The van der Waals surface area contributed by atoms with Crippen LogP contribution in [0.3, 0.4) is 0 Å². The van der Waals surface area contributed by atoms with Gasteiger partial charge in [0, 0.05) is 38.4 Å². The lowest BCUT2D eigenvalue weighted by molar-refractivity contribution is 0.0715. The highest BCUT2D eigenvalue weighted by molar-refractivity contribution is 5.93. The number of hydrogen-bond acceptors (Lipinski definition) is 6. The summed E-state index contributed by atoms with van der Waals surface area (Å²) in [7, 11) is 0. The Labute approximate surface area is 184 Å². The number of aromatic nitrogens is 3. The highest BCUT2D eigenvalue weighted by Crippen LogP contribution is 2.27. The summed E-state index contributed by atoms with van der Waals surface area (Å²) in [5.74, 6) is 0.599. The van der Waals surface area contributed by atoms with Gasteiger partial charge >= 0.3 is 0 Å². The van der Waals surface area contributed by atoms with Crippen molar-refractivity contribution >= 4 is 22.6 Å². The molecule has 162 valence electrons. The summed E-state index contributed by atoms with van der Waals surface area (Å²) in [6.07, 6.45) is 1.75. The molecule has 8 heteroatoms. The predicted molar refractivity (Wildman–Crippen MR) is 121 cm³/mol. The van der Waals surface area contributed by atoms with E-state index in [2.05, 4.69) is 15.0 Å². The molecule has 0 saturated carbocycles. The summed E-state index contributed by atoms with van der Waals surface area (Å²) in [5, 5.41) is 5.15. The molecule has 0 radical (unpaired) electrons. The smallest absolute Gasteiger partial charge is 0.289 e. The highest BCUT2D eigenvalue weighted by atomic mass is 16.3. The summed E-state index contributed by atoms with van der Waals surface area (Å²) in [6, 6.07) is 14.0. The van der Waals surface area contributed by atoms with E-state index in [9.17, 15) is 9.59 Å². The van der Waals surface area contributed by atoms with Gasteiger partial charge in [0.05, 0.1) is 22.5 Å². The third-order valence-electron chi connectivity index (χ3n) is 5.85. The third kappa shape index (κ3) is 3.43. The van der Waals surface area contributed by atoms with Gasteiger partial charge in [0.2, 0.25) is 0 Å². The van der Waals surface area contributed by atoms with Gasteiger partial charge in [-0.1, -0.05) is 18.2 Å². The molecular weight excluding hydrogens is 406 g/mol. The minimum absolute atomic E-state index is 0.0810. The first-order valence-corrected chi connectivity index (χ1v) is 10.6. The monoisotopic (exact) mass is 429 g/mol. The van der Waals surface area contributed by atoms with Gasteiger partial charge in [-0.25, -0.2) is 9.67 Å². The maximum Gasteiger partial charge on any atom is 0.289 e. The van der Waals surface area contributed by atoms with Crippen LogP contribution >= 0.6 is 0 Å². The summed E-state index contributed by atoms with van der Waals surface area (Å²) >= 11 is 0. The fourth-order valence-electron chi connectivity index (χ4n) is 4.29. The summed E-state index contributed by atoms with van der Waals surface area (Å²) in [5.41, 5.74) is 3.23. The van der Waals surface area contributed by atoms with E-state index in [1.165, 1.54) is 6.07 Å². The van der Waals surface area contributed by atoms with E-state index in [1.54, 1.807) is 35.4 Å². The summed E-state index contributed by atoms with van der Waals surface area (Å²) in [6.45, 7) is 6.42. The molecule has 5 rings (SSSR count). The Balaban J connectivity index is 1.34. The first kappa shape index (κ1) is 20.0. The number of carbonyl (C=O) groups is 1. The predicted octanol–water partition coefficient (Wildman–Crippen LogP) is 2.95. The number of amides is 1. The number of rotatable bonds is 3. The number of fused-ring (bicyclic) bond motifs is 1. The van der Waals surface area contributed by atoms with Gasteiger partial charge in [0.1, 0.15) is 5.58 Å². The average molecular weight is 429 g/mol. The Kier molecular flexibility index (Phi) is 4.97. The molecular formula is C24H23N5O3. The lowest BCUT2D eigenvalue weighted by Crippen LogP contribution is -2.49. The molecule has 0 aliphatic carbocycles. The molecule has 0 N–H and O–H groups in total. The normalized spacial score (nSPS) is 14.2. The Morgan fingerprint density at radius 1 is 1.00 bits per heavy atom. The molecule has 0 spiro atoms. The largest absolute Gasteiger partial charge is 0.451 e. The van der Waals surface area contributed by atoms with Gasteiger partial charge < -0.3 is 14.2 Å². The van der Waals surface area contributed by atoms with Crippen LogP contribution in [0, 0.1) is 13.8 Å². The SMILES string of the molecule is Cc1nn(-c2ccccn2)c(C)c1N1CCN(C(=O)c2cc(=O)c3ccccc3o2)CC1. The van der Waals surface area contributed by atoms with E-state index in [4.69, 9.17) is 4.42 Å². The van der Waals surface area contributed by atoms with Crippen molar-refractivity contribution in [1.29, 1.82) is 0 Å². The van der Waals surface area contributed by atoms with Gasteiger partial charge in [-0.15, -0.1) is 0 Å². The zero-order chi connectivity index (χ0) is 22.2. The molecule has 1 aliphatic heterocycles. The van der Waals surface area contributed by atoms with E-state index in [0.29, 0.717) is 37.1 Å². The number of para-hydroxylation sites is 1. The molecule has 8 nitrogen and oxygen atoms in total. The molecule has 0 atom stereocenters. The van der Waals surface area contributed by atoms with Crippen LogP contribution in [0.1, 0.15) is 21.9 Å². The number of carbonyl (C=O) groups excluding carboxylic acids is 1. The number of anilines is 1. The van der Waals surface area contributed by atoms with Crippen molar-refractivity contribution in [3.8, 4) is 5.82 Å². The van der Waals surface area contributed by atoms with Gasteiger partial charge in [-0.3, -0.25) is 9.59 Å². The van der Waals surface area contributed by atoms with Crippen molar-refractivity contribution in [3.63, 3.8) is 0 Å². The molecule has 1 aromatic carbocycles. The fourth-order valence-corrected chi connectivity index (χ4v) is 4.29. The van der Waals surface area contributed by atoms with Gasteiger partial charge in [-0.05, 0) is 38.1 Å². The van der Waals surface area contributed by atoms with Gasteiger partial charge in [0.15, 0.2) is 17.0 Å². The highest BCUT2D eigenvalue weighted by Gasteiger charge is 2.27. The number of nitrogens with zero attached hydrogens (tertiary/aromatic N) is 5. The quantitative estimate of drug-likeness (QED) is 0.498. The molecule has 1 fully saturated rings. The zero-order valence-electron chi connectivity index (χ0n) is 18.0. The zero-order valence-corrected chi connectivity index (χ0v) is 18.0. The second kappa shape index (κ2) is 7.96. The molecule has 3 aromatic heterocycles. The first-order valence-electron chi connectivity index (χ1n) is 10.6. The molecule has 32 heavy (non-hydrogen) atoms. The summed E-state index contributed by atoms with van der Waals surface area (Å²) in [4.78, 5) is 33.8. The number of benzene rings is 1. The van der Waals surface area contributed by atoms with Crippen LogP contribution in [-0.2, 0) is 0 Å². The molecule has 1 amide bonds. The third-order valence-corrected chi connectivity index (χ3v) is 5.85. The molecule has 1 saturated heterocycles. The fraction of sp³-hybridized carbons (Fsp3) is 0.250. The van der Waals surface area contributed by atoms with E-state index < -0.39 is 0 Å². The topological polar surface area (TPSA) is 84.5 Å². The van der Waals surface area contributed by atoms with Crippen molar-refractivity contribution in [2.75, 3.05) is 31.1 Å². The van der Waals surface area contributed by atoms with E-state index in [1.807, 2.05) is 36.7 Å². The van der Waals surface area contributed by atoms with E-state index in [0.717, 1.165) is 22.9 Å². The van der Waals surface area contributed by atoms with Gasteiger partial charge in [0.25, 0.3) is 5.91 Å². The van der Waals surface area contributed by atoms with Crippen molar-refractivity contribution < 1.29 is 9.21 Å². The van der Waals surface area contributed by atoms with Crippen molar-refractivity contribution in [2.45, 2.75) is 13.8 Å². The summed E-state index contributed by atoms with van der Waals surface area (Å²) < 4.78 is 7.59. The lowest BCUT2D eigenvalue weighted by Gasteiger charge is -2.36. The van der Waals surface area contributed by atoms with Crippen molar-refractivity contribution in [1.82, 2.24) is 19.7 Å². The first-order chi connectivity index (χ1) is 15.5. The van der Waals surface area contributed by atoms with Crippen LogP contribution in [0.25, 0.3) is 16.8 Å². The van der Waals surface area contributed by atoms with Gasteiger partial charge in [-0.2, -0.15) is 5.10 Å². The average Bonchev–Trinajstić information content (AvgIpc) is 3.13. The standard InChI is InChI=1S/C24H23N5O3/c1-16-23(17(2)29(26-16)22-9-5-6-10-25-22)27-11-13-28(14-12-27)24(31)21-15-19(30)18-7-3-4-8-20(18)32-21/h3-10,15H,11-14H2,1-2H3. The van der Waals surface area contributed by atoms with Crippen LogP contribution in [0.2, 0.25) is 0 Å². The Bertz CT molecular complexity index is 1350. The number of pyridine rings is 1. The number of piperazine rings is 1. The number of hydrogen-bond donors (Lipinski definition) is 0. The maximum atomic E-state index is 13.0. The van der Waals surface area contributed by atoms with Crippen LogP contribution in [-0.4, -0.2) is 51.8 Å². The lowest BCUT2D eigenvalue weighted by atomic mass is 10.2. The molecule has 4 aromatic rings. The van der Waals surface area contributed by atoms with Crippen molar-refractivity contribution in [2.24, 2.45) is 0 Å². The van der Waals surface area contributed by atoms with Crippen LogP contribution in [0.4, 0.5) is 5.69 Å².